The van der Waals surface area contributed by atoms with Crippen LogP contribution in [0, 0.1) is 13.8 Å². The number of nitrogens with zero attached hydrogens (tertiary/aromatic N) is 2. The predicted molar refractivity (Wildman–Crippen MR) is 96.8 cm³/mol. The van der Waals surface area contributed by atoms with Crippen LogP contribution in [0.5, 0.6) is 0 Å². The molecule has 25 heavy (non-hydrogen) atoms. The van der Waals surface area contributed by atoms with Crippen molar-refractivity contribution in [1.29, 1.82) is 0 Å². The first-order valence-corrected chi connectivity index (χ1v) is 8.82. The highest BCUT2D eigenvalue weighted by Gasteiger charge is 2.23. The lowest BCUT2D eigenvalue weighted by atomic mass is 10.1. The zero-order chi connectivity index (χ0) is 17.8. The van der Waals surface area contributed by atoms with Crippen LogP contribution in [-0.2, 0) is 11.3 Å². The third-order valence-corrected chi connectivity index (χ3v) is 4.75. The lowest BCUT2D eigenvalue weighted by Gasteiger charge is -2.20. The zero-order valence-corrected chi connectivity index (χ0v) is 15.1. The van der Waals surface area contributed by atoms with Crippen molar-refractivity contribution in [3.05, 3.63) is 47.3 Å². The molecule has 0 spiro atoms. The van der Waals surface area contributed by atoms with E-state index < -0.39 is 0 Å². The predicted octanol–water partition coefficient (Wildman–Crippen LogP) is 2.86. The molecule has 6 heteroatoms. The second-order valence-corrected chi connectivity index (χ2v) is 6.56. The molecule has 1 aliphatic heterocycles. The maximum Gasteiger partial charge on any atom is 0.315 e. The van der Waals surface area contributed by atoms with Gasteiger partial charge in [-0.3, -0.25) is 0 Å². The molecule has 0 bridgehead atoms. The van der Waals surface area contributed by atoms with Crippen LogP contribution in [0.3, 0.4) is 0 Å². The molecule has 3 rings (SSSR count). The van der Waals surface area contributed by atoms with E-state index in [4.69, 9.17) is 4.74 Å². The van der Waals surface area contributed by atoms with Gasteiger partial charge in [-0.25, -0.2) is 9.48 Å². The summed E-state index contributed by atoms with van der Waals surface area (Å²) in [6.45, 7) is 7.22. The molecule has 134 valence electrons. The summed E-state index contributed by atoms with van der Waals surface area (Å²) in [5, 5.41) is 10.5. The first-order chi connectivity index (χ1) is 12.1. The van der Waals surface area contributed by atoms with E-state index in [9.17, 15) is 4.79 Å². The standard InChI is InChI=1S/C19H26N4O2/c1-13-17(15(3)23(22-13)16-8-5-4-6-9-16)12-20-19(24)21-14(2)18-10-7-11-25-18/h4-6,8-9,14,18H,7,10-12H2,1-3H3,(H2,20,21,24). The normalized spacial score (nSPS) is 18.1. The van der Waals surface area contributed by atoms with E-state index in [-0.39, 0.29) is 18.2 Å². The van der Waals surface area contributed by atoms with Crippen LogP contribution < -0.4 is 10.6 Å². The smallest absolute Gasteiger partial charge is 0.315 e. The summed E-state index contributed by atoms with van der Waals surface area (Å²) in [7, 11) is 0. The fourth-order valence-corrected chi connectivity index (χ4v) is 3.27. The molecule has 1 aliphatic rings. The summed E-state index contributed by atoms with van der Waals surface area (Å²) < 4.78 is 7.53. The average Bonchev–Trinajstić information content (AvgIpc) is 3.23. The van der Waals surface area contributed by atoms with Crippen molar-refractivity contribution in [2.45, 2.75) is 52.3 Å². The highest BCUT2D eigenvalue weighted by atomic mass is 16.5. The molecule has 2 unspecified atom stereocenters. The first-order valence-electron chi connectivity index (χ1n) is 8.82. The lowest BCUT2D eigenvalue weighted by molar-refractivity contribution is 0.0860. The first kappa shape index (κ1) is 17.5. The second-order valence-electron chi connectivity index (χ2n) is 6.56. The fraction of sp³-hybridized carbons (Fsp3) is 0.474. The van der Waals surface area contributed by atoms with Gasteiger partial charge in [-0.1, -0.05) is 18.2 Å². The number of amides is 2. The molecule has 2 heterocycles. The van der Waals surface area contributed by atoms with Crippen molar-refractivity contribution < 1.29 is 9.53 Å². The highest BCUT2D eigenvalue weighted by molar-refractivity contribution is 5.74. The number of benzene rings is 1. The number of urea groups is 1. The van der Waals surface area contributed by atoms with Crippen molar-refractivity contribution in [3.63, 3.8) is 0 Å². The van der Waals surface area contributed by atoms with Crippen LogP contribution in [0.25, 0.3) is 5.69 Å². The Morgan fingerprint density at radius 1 is 1.36 bits per heavy atom. The number of para-hydroxylation sites is 1. The molecule has 1 saturated heterocycles. The molecule has 1 fully saturated rings. The van der Waals surface area contributed by atoms with Gasteiger partial charge < -0.3 is 15.4 Å². The number of hydrogen-bond acceptors (Lipinski definition) is 3. The number of ether oxygens (including phenoxy) is 1. The van der Waals surface area contributed by atoms with Crippen LogP contribution in [0.15, 0.2) is 30.3 Å². The van der Waals surface area contributed by atoms with Crippen molar-refractivity contribution in [1.82, 2.24) is 20.4 Å². The van der Waals surface area contributed by atoms with Crippen molar-refractivity contribution in [2.24, 2.45) is 0 Å². The molecule has 2 atom stereocenters. The van der Waals surface area contributed by atoms with Crippen LogP contribution in [0.4, 0.5) is 4.79 Å². The van der Waals surface area contributed by atoms with Gasteiger partial charge in [0.25, 0.3) is 0 Å². The number of nitrogens with one attached hydrogen (secondary N) is 2. The SMILES string of the molecule is Cc1nn(-c2ccccc2)c(C)c1CNC(=O)NC(C)C1CCCO1. The minimum atomic E-state index is -0.172. The van der Waals surface area contributed by atoms with Crippen LogP contribution in [-0.4, -0.2) is 34.6 Å². The zero-order valence-electron chi connectivity index (χ0n) is 15.1. The van der Waals surface area contributed by atoms with Crippen molar-refractivity contribution >= 4 is 6.03 Å². The minimum absolute atomic E-state index is 0.0109. The molecule has 2 aromatic rings. The summed E-state index contributed by atoms with van der Waals surface area (Å²) in [5.74, 6) is 0. The Morgan fingerprint density at radius 3 is 2.80 bits per heavy atom. The van der Waals surface area contributed by atoms with Crippen molar-refractivity contribution in [3.8, 4) is 5.69 Å². The molecule has 2 N–H and O–H groups in total. The molecule has 1 aromatic heterocycles. The number of aromatic nitrogens is 2. The minimum Gasteiger partial charge on any atom is -0.376 e. The molecular formula is C19H26N4O2. The fourth-order valence-electron chi connectivity index (χ4n) is 3.27. The Balaban J connectivity index is 1.61. The average molecular weight is 342 g/mol. The largest absolute Gasteiger partial charge is 0.376 e. The van der Waals surface area contributed by atoms with E-state index >= 15 is 0 Å². The molecule has 0 aliphatic carbocycles. The van der Waals surface area contributed by atoms with E-state index in [1.807, 2.05) is 55.8 Å². The van der Waals surface area contributed by atoms with Crippen LogP contribution in [0.1, 0.15) is 36.7 Å². The Hall–Kier alpha value is -2.34. The molecule has 6 nitrogen and oxygen atoms in total. The van der Waals surface area contributed by atoms with E-state index in [0.29, 0.717) is 6.54 Å². The van der Waals surface area contributed by atoms with E-state index in [1.165, 1.54) is 0 Å². The van der Waals surface area contributed by atoms with Crippen LogP contribution in [0.2, 0.25) is 0 Å². The second kappa shape index (κ2) is 7.70. The third-order valence-electron chi connectivity index (χ3n) is 4.75. The Morgan fingerprint density at radius 2 is 2.12 bits per heavy atom. The summed E-state index contributed by atoms with van der Waals surface area (Å²) >= 11 is 0. The highest BCUT2D eigenvalue weighted by Crippen LogP contribution is 2.18. The lowest BCUT2D eigenvalue weighted by Crippen LogP contribution is -2.45. The summed E-state index contributed by atoms with van der Waals surface area (Å²) in [6, 6.07) is 9.84. The topological polar surface area (TPSA) is 68.2 Å². The third kappa shape index (κ3) is 4.02. The van der Waals surface area contributed by atoms with E-state index in [0.717, 1.165) is 42.1 Å². The van der Waals surface area contributed by atoms with Gasteiger partial charge in [0.1, 0.15) is 0 Å². The number of rotatable bonds is 5. The monoisotopic (exact) mass is 342 g/mol. The van der Waals surface area contributed by atoms with Crippen molar-refractivity contribution in [2.75, 3.05) is 6.61 Å². The number of aryl methyl sites for hydroxylation is 1. The van der Waals surface area contributed by atoms with Gasteiger partial charge in [0.15, 0.2) is 0 Å². The number of hydrogen-bond donors (Lipinski definition) is 2. The van der Waals surface area contributed by atoms with Gasteiger partial charge in [0, 0.05) is 24.4 Å². The van der Waals surface area contributed by atoms with Gasteiger partial charge in [-0.15, -0.1) is 0 Å². The van der Waals surface area contributed by atoms with Gasteiger partial charge >= 0.3 is 6.03 Å². The van der Waals surface area contributed by atoms with Crippen LogP contribution >= 0.6 is 0 Å². The Labute approximate surface area is 148 Å². The molecule has 2 amide bonds. The van der Waals surface area contributed by atoms with Gasteiger partial charge in [-0.2, -0.15) is 5.10 Å². The maximum absolute atomic E-state index is 12.2. The summed E-state index contributed by atoms with van der Waals surface area (Å²) in [6.07, 6.45) is 2.19. The Kier molecular flexibility index (Phi) is 5.38. The molecule has 0 saturated carbocycles. The van der Waals surface area contributed by atoms with Gasteiger partial charge in [0.2, 0.25) is 0 Å². The maximum atomic E-state index is 12.2. The van der Waals surface area contributed by atoms with E-state index in [1.54, 1.807) is 0 Å². The number of carbonyl (C=O) groups is 1. The van der Waals surface area contributed by atoms with E-state index in [2.05, 4.69) is 15.7 Å². The Bertz CT molecular complexity index is 721. The van der Waals surface area contributed by atoms with Gasteiger partial charge in [-0.05, 0) is 45.7 Å². The molecular weight excluding hydrogens is 316 g/mol. The number of carbonyl (C=O) groups excluding carboxylic acids is 1. The summed E-state index contributed by atoms with van der Waals surface area (Å²) in [5.41, 5.74) is 4.03. The quantitative estimate of drug-likeness (QED) is 0.878. The summed E-state index contributed by atoms with van der Waals surface area (Å²) in [4.78, 5) is 12.2. The molecule has 0 radical (unpaired) electrons. The molecule has 1 aromatic carbocycles. The van der Waals surface area contributed by atoms with Gasteiger partial charge in [0.05, 0.1) is 23.5 Å².